The molecule has 2 heterocycles. The van der Waals surface area contributed by atoms with E-state index in [1.54, 1.807) is 5.56 Å². The van der Waals surface area contributed by atoms with Crippen LogP contribution in [0.15, 0.2) is 29.2 Å². The van der Waals surface area contributed by atoms with Crippen LogP contribution in [0, 0.1) is 5.92 Å². The molecule has 1 atom stereocenters. The number of benzene rings is 1. The fourth-order valence-corrected chi connectivity index (χ4v) is 4.58. The average molecular weight is 277 g/mol. The Labute approximate surface area is 120 Å². The van der Waals surface area contributed by atoms with Gasteiger partial charge in [0.05, 0.1) is 0 Å². The third-order valence-corrected chi connectivity index (χ3v) is 5.59. The second-order valence-corrected chi connectivity index (χ2v) is 7.09. The van der Waals surface area contributed by atoms with Crippen molar-refractivity contribution in [2.75, 3.05) is 33.4 Å². The normalized spacial score (nSPS) is 24.6. The summed E-state index contributed by atoms with van der Waals surface area (Å²) in [6, 6.07) is 8.88. The Morgan fingerprint density at radius 2 is 2.05 bits per heavy atom. The van der Waals surface area contributed by atoms with Crippen molar-refractivity contribution in [1.82, 2.24) is 4.90 Å². The van der Waals surface area contributed by atoms with Gasteiger partial charge in [-0.3, -0.25) is 0 Å². The van der Waals surface area contributed by atoms with Gasteiger partial charge in [0, 0.05) is 30.4 Å². The Balaban J connectivity index is 1.47. The Morgan fingerprint density at radius 1 is 1.26 bits per heavy atom. The first-order valence-corrected chi connectivity index (χ1v) is 8.19. The number of hydrogen-bond acceptors (Lipinski definition) is 3. The number of nitrogens with zero attached hydrogens (tertiary/aromatic N) is 1. The zero-order valence-corrected chi connectivity index (χ0v) is 12.5. The topological polar surface area (TPSA) is 12.5 Å². The molecule has 3 rings (SSSR count). The number of hydrogen-bond donors (Lipinski definition) is 0. The predicted molar refractivity (Wildman–Crippen MR) is 80.8 cm³/mol. The molecule has 3 heteroatoms. The van der Waals surface area contributed by atoms with Crippen LogP contribution in [0.1, 0.15) is 18.4 Å². The van der Waals surface area contributed by atoms with Crippen molar-refractivity contribution in [2.45, 2.75) is 29.4 Å². The average Bonchev–Trinajstić information content (AvgIpc) is 2.83. The third kappa shape index (κ3) is 3.33. The van der Waals surface area contributed by atoms with Gasteiger partial charge in [-0.1, -0.05) is 18.2 Å². The van der Waals surface area contributed by atoms with Crippen LogP contribution < -0.4 is 0 Å². The molecular formula is C16H23NOS. The van der Waals surface area contributed by atoms with E-state index in [1.807, 2.05) is 7.11 Å². The maximum absolute atomic E-state index is 5.27. The van der Waals surface area contributed by atoms with E-state index in [4.69, 9.17) is 4.74 Å². The van der Waals surface area contributed by atoms with Gasteiger partial charge in [-0.15, -0.1) is 11.8 Å². The minimum atomic E-state index is 0.761. The lowest BCUT2D eigenvalue weighted by molar-refractivity contribution is 0.0998. The van der Waals surface area contributed by atoms with Gasteiger partial charge >= 0.3 is 0 Å². The number of rotatable bonds is 4. The minimum absolute atomic E-state index is 0.761. The summed E-state index contributed by atoms with van der Waals surface area (Å²) in [5.74, 6) is 0.787. The minimum Gasteiger partial charge on any atom is -0.384 e. The van der Waals surface area contributed by atoms with Crippen LogP contribution in [0.5, 0.6) is 0 Å². The molecule has 2 aliphatic rings. The number of thioether (sulfide) groups is 1. The van der Waals surface area contributed by atoms with E-state index >= 15 is 0 Å². The first-order valence-electron chi connectivity index (χ1n) is 7.31. The van der Waals surface area contributed by atoms with E-state index < -0.39 is 0 Å². The van der Waals surface area contributed by atoms with E-state index in [-0.39, 0.29) is 0 Å². The summed E-state index contributed by atoms with van der Waals surface area (Å²) in [6.45, 7) is 4.69. The van der Waals surface area contributed by atoms with Gasteiger partial charge in [0.2, 0.25) is 0 Å². The Hall–Kier alpha value is -0.510. The van der Waals surface area contributed by atoms with Crippen molar-refractivity contribution in [2.24, 2.45) is 5.92 Å². The SMILES string of the molecule is COCC1CCN(CC2Cc3ccccc3S2)CC1. The van der Waals surface area contributed by atoms with Crippen molar-refractivity contribution in [3.05, 3.63) is 29.8 Å². The highest BCUT2D eigenvalue weighted by molar-refractivity contribution is 8.00. The molecule has 0 radical (unpaired) electrons. The largest absolute Gasteiger partial charge is 0.384 e. The monoisotopic (exact) mass is 277 g/mol. The van der Waals surface area contributed by atoms with Crippen molar-refractivity contribution in [3.63, 3.8) is 0 Å². The molecule has 19 heavy (non-hydrogen) atoms. The van der Waals surface area contributed by atoms with Crippen LogP contribution >= 0.6 is 11.8 Å². The number of piperidine rings is 1. The number of methoxy groups -OCH3 is 1. The molecule has 0 saturated carbocycles. The molecular weight excluding hydrogens is 254 g/mol. The van der Waals surface area contributed by atoms with E-state index in [2.05, 4.69) is 40.9 Å². The fraction of sp³-hybridized carbons (Fsp3) is 0.625. The van der Waals surface area contributed by atoms with Crippen molar-refractivity contribution in [1.29, 1.82) is 0 Å². The molecule has 0 spiro atoms. The second kappa shape index (κ2) is 6.29. The summed E-state index contributed by atoms with van der Waals surface area (Å²) in [4.78, 5) is 4.15. The molecule has 1 aromatic carbocycles. The molecule has 1 saturated heterocycles. The standard InChI is InChI=1S/C16H23NOS/c1-18-12-13-6-8-17(9-7-13)11-15-10-14-4-2-3-5-16(14)19-15/h2-5,13,15H,6-12H2,1H3. The first kappa shape index (κ1) is 13.5. The molecule has 0 aliphatic carbocycles. The van der Waals surface area contributed by atoms with Crippen LogP contribution in [0.25, 0.3) is 0 Å². The maximum atomic E-state index is 5.27. The Bertz CT molecular complexity index is 390. The van der Waals surface area contributed by atoms with E-state index in [9.17, 15) is 0 Å². The van der Waals surface area contributed by atoms with Gasteiger partial charge in [0.1, 0.15) is 0 Å². The lowest BCUT2D eigenvalue weighted by atomic mass is 9.97. The van der Waals surface area contributed by atoms with Crippen LogP contribution in [-0.2, 0) is 11.2 Å². The summed E-state index contributed by atoms with van der Waals surface area (Å²) < 4.78 is 5.27. The molecule has 0 N–H and O–H groups in total. The van der Waals surface area contributed by atoms with Crippen molar-refractivity contribution < 1.29 is 4.74 Å². The highest BCUT2D eigenvalue weighted by Crippen LogP contribution is 2.37. The van der Waals surface area contributed by atoms with E-state index in [1.165, 1.54) is 43.8 Å². The van der Waals surface area contributed by atoms with Gasteiger partial charge in [-0.2, -0.15) is 0 Å². The summed E-state index contributed by atoms with van der Waals surface area (Å²) in [6.07, 6.45) is 3.86. The molecule has 1 unspecified atom stereocenters. The van der Waals surface area contributed by atoms with E-state index in [0.717, 1.165) is 17.8 Å². The Morgan fingerprint density at radius 3 is 2.79 bits per heavy atom. The zero-order chi connectivity index (χ0) is 13.1. The van der Waals surface area contributed by atoms with E-state index in [0.29, 0.717) is 0 Å². The smallest absolute Gasteiger partial charge is 0.0491 e. The van der Waals surface area contributed by atoms with Gasteiger partial charge in [-0.25, -0.2) is 0 Å². The van der Waals surface area contributed by atoms with Crippen LogP contribution in [0.4, 0.5) is 0 Å². The maximum Gasteiger partial charge on any atom is 0.0491 e. The molecule has 1 fully saturated rings. The molecule has 2 aliphatic heterocycles. The summed E-state index contributed by atoms with van der Waals surface area (Å²) >= 11 is 2.07. The molecule has 104 valence electrons. The zero-order valence-electron chi connectivity index (χ0n) is 11.7. The predicted octanol–water partition coefficient (Wildman–Crippen LogP) is 3.06. The quantitative estimate of drug-likeness (QED) is 0.839. The third-order valence-electron chi connectivity index (χ3n) is 4.29. The molecule has 2 nitrogen and oxygen atoms in total. The number of fused-ring (bicyclic) bond motifs is 1. The van der Waals surface area contributed by atoms with Gasteiger partial charge in [0.25, 0.3) is 0 Å². The van der Waals surface area contributed by atoms with Crippen molar-refractivity contribution in [3.8, 4) is 0 Å². The lowest BCUT2D eigenvalue weighted by Crippen LogP contribution is -2.38. The first-order chi connectivity index (χ1) is 9.35. The number of ether oxygens (including phenoxy) is 1. The summed E-state index contributed by atoms with van der Waals surface area (Å²) in [5, 5.41) is 0.761. The highest BCUT2D eigenvalue weighted by atomic mass is 32.2. The molecule has 0 aromatic heterocycles. The van der Waals surface area contributed by atoms with Crippen LogP contribution in [0.3, 0.4) is 0 Å². The Kier molecular flexibility index (Phi) is 4.46. The van der Waals surface area contributed by atoms with Crippen LogP contribution in [0.2, 0.25) is 0 Å². The summed E-state index contributed by atoms with van der Waals surface area (Å²) in [7, 11) is 1.82. The molecule has 1 aromatic rings. The van der Waals surface area contributed by atoms with Gasteiger partial charge in [-0.05, 0) is 49.9 Å². The van der Waals surface area contributed by atoms with Crippen LogP contribution in [-0.4, -0.2) is 43.5 Å². The summed E-state index contributed by atoms with van der Waals surface area (Å²) in [5.41, 5.74) is 1.55. The number of likely N-dealkylation sites (tertiary alicyclic amines) is 1. The van der Waals surface area contributed by atoms with Crippen molar-refractivity contribution >= 4 is 11.8 Å². The second-order valence-electron chi connectivity index (χ2n) is 5.75. The van der Waals surface area contributed by atoms with Gasteiger partial charge in [0.15, 0.2) is 0 Å². The highest BCUT2D eigenvalue weighted by Gasteiger charge is 2.26. The van der Waals surface area contributed by atoms with Gasteiger partial charge < -0.3 is 9.64 Å². The molecule has 0 bridgehead atoms. The molecule has 0 amide bonds. The fourth-order valence-electron chi connectivity index (χ4n) is 3.22. The lowest BCUT2D eigenvalue weighted by Gasteiger charge is -2.32.